The maximum absolute atomic E-state index is 5.93. The van der Waals surface area contributed by atoms with Gasteiger partial charge in [0.25, 0.3) is 0 Å². The summed E-state index contributed by atoms with van der Waals surface area (Å²) in [5.74, 6) is 3.02. The molecule has 110 valence electrons. The first-order valence-electron chi connectivity index (χ1n) is 7.98. The molecule has 4 nitrogen and oxygen atoms in total. The van der Waals surface area contributed by atoms with Crippen molar-refractivity contribution < 1.29 is 0 Å². The van der Waals surface area contributed by atoms with E-state index in [2.05, 4.69) is 28.7 Å². The minimum absolute atomic E-state index is 0.356. The second-order valence-corrected chi connectivity index (χ2v) is 6.71. The van der Waals surface area contributed by atoms with E-state index in [1.54, 1.807) is 0 Å². The Balaban J connectivity index is 1.83. The molecule has 0 aliphatic heterocycles. The van der Waals surface area contributed by atoms with Crippen molar-refractivity contribution in [3.8, 4) is 0 Å². The number of anilines is 1. The van der Waals surface area contributed by atoms with Gasteiger partial charge in [0.15, 0.2) is 0 Å². The van der Waals surface area contributed by atoms with Crippen LogP contribution in [0.1, 0.15) is 57.0 Å². The molecule has 0 spiro atoms. The van der Waals surface area contributed by atoms with Crippen molar-refractivity contribution in [3.63, 3.8) is 0 Å². The molecule has 2 aliphatic rings. The summed E-state index contributed by atoms with van der Waals surface area (Å²) in [4.78, 5) is 11.7. The fourth-order valence-corrected chi connectivity index (χ4v) is 2.61. The average molecular weight is 274 g/mol. The summed E-state index contributed by atoms with van der Waals surface area (Å²) < 4.78 is 0. The Morgan fingerprint density at radius 3 is 2.25 bits per heavy atom. The van der Waals surface area contributed by atoms with Gasteiger partial charge in [-0.1, -0.05) is 13.8 Å². The van der Waals surface area contributed by atoms with E-state index in [-0.39, 0.29) is 0 Å². The average Bonchev–Trinajstić information content (AvgIpc) is 3.32. The minimum Gasteiger partial charge on any atom is -0.368 e. The lowest BCUT2D eigenvalue weighted by Gasteiger charge is -2.26. The quantitative estimate of drug-likeness (QED) is 0.830. The number of nitrogens with zero attached hydrogens (tertiary/aromatic N) is 3. The SMILES string of the molecule is CC(C)c1ncc(N(CC2CC2)CC2CC2)c(CN)n1. The van der Waals surface area contributed by atoms with E-state index in [0.717, 1.165) is 36.4 Å². The fraction of sp³-hybridized carbons (Fsp3) is 0.750. The number of nitrogens with two attached hydrogens (primary N) is 1. The highest BCUT2D eigenvalue weighted by Gasteiger charge is 2.30. The van der Waals surface area contributed by atoms with E-state index >= 15 is 0 Å². The van der Waals surface area contributed by atoms with Gasteiger partial charge < -0.3 is 10.6 Å². The van der Waals surface area contributed by atoms with Crippen LogP contribution in [0, 0.1) is 11.8 Å². The summed E-state index contributed by atoms with van der Waals surface area (Å²) in [6, 6.07) is 0. The van der Waals surface area contributed by atoms with Gasteiger partial charge in [-0.05, 0) is 37.5 Å². The molecule has 0 radical (unpaired) electrons. The molecule has 2 N–H and O–H groups in total. The van der Waals surface area contributed by atoms with Gasteiger partial charge in [-0.2, -0.15) is 0 Å². The summed E-state index contributed by atoms with van der Waals surface area (Å²) >= 11 is 0. The molecule has 0 atom stereocenters. The number of aromatic nitrogens is 2. The van der Waals surface area contributed by atoms with Crippen molar-refractivity contribution in [2.24, 2.45) is 17.6 Å². The van der Waals surface area contributed by atoms with E-state index in [4.69, 9.17) is 5.73 Å². The molecule has 1 aromatic rings. The van der Waals surface area contributed by atoms with Crippen molar-refractivity contribution in [2.45, 2.75) is 52.0 Å². The summed E-state index contributed by atoms with van der Waals surface area (Å²) in [7, 11) is 0. The van der Waals surface area contributed by atoms with Crippen LogP contribution in [0.25, 0.3) is 0 Å². The minimum atomic E-state index is 0.356. The van der Waals surface area contributed by atoms with Crippen molar-refractivity contribution in [3.05, 3.63) is 17.7 Å². The molecule has 1 heterocycles. The molecule has 2 fully saturated rings. The Kier molecular flexibility index (Phi) is 3.92. The monoisotopic (exact) mass is 274 g/mol. The van der Waals surface area contributed by atoms with Crippen LogP contribution in [-0.2, 0) is 6.54 Å². The molecule has 4 heteroatoms. The van der Waals surface area contributed by atoms with Gasteiger partial charge in [0.2, 0.25) is 0 Å². The van der Waals surface area contributed by atoms with Crippen LogP contribution < -0.4 is 10.6 Å². The first kappa shape index (κ1) is 13.8. The van der Waals surface area contributed by atoms with Crippen molar-refractivity contribution >= 4 is 5.69 Å². The van der Waals surface area contributed by atoms with Gasteiger partial charge in [0, 0.05) is 25.6 Å². The van der Waals surface area contributed by atoms with Crippen LogP contribution in [0.3, 0.4) is 0 Å². The Morgan fingerprint density at radius 2 is 1.80 bits per heavy atom. The normalized spacial score (nSPS) is 18.6. The third-order valence-corrected chi connectivity index (χ3v) is 4.27. The van der Waals surface area contributed by atoms with Gasteiger partial charge in [0.05, 0.1) is 17.6 Å². The first-order valence-corrected chi connectivity index (χ1v) is 7.98. The zero-order valence-electron chi connectivity index (χ0n) is 12.7. The van der Waals surface area contributed by atoms with Crippen LogP contribution in [0.5, 0.6) is 0 Å². The number of hydrogen-bond donors (Lipinski definition) is 1. The Hall–Kier alpha value is -1.16. The molecule has 2 saturated carbocycles. The molecule has 0 saturated heterocycles. The van der Waals surface area contributed by atoms with Crippen molar-refractivity contribution in [1.29, 1.82) is 0 Å². The van der Waals surface area contributed by atoms with Crippen LogP contribution >= 0.6 is 0 Å². The molecule has 0 bridgehead atoms. The zero-order valence-corrected chi connectivity index (χ0v) is 12.7. The van der Waals surface area contributed by atoms with E-state index in [1.807, 2.05) is 6.20 Å². The largest absolute Gasteiger partial charge is 0.368 e. The summed E-state index contributed by atoms with van der Waals surface area (Å²) in [6.07, 6.45) is 7.53. The van der Waals surface area contributed by atoms with Crippen molar-refractivity contribution in [1.82, 2.24) is 9.97 Å². The first-order chi connectivity index (χ1) is 9.67. The fourth-order valence-electron chi connectivity index (χ4n) is 2.61. The van der Waals surface area contributed by atoms with E-state index in [1.165, 1.54) is 31.4 Å². The summed E-state index contributed by atoms with van der Waals surface area (Å²) in [5.41, 5.74) is 8.13. The van der Waals surface area contributed by atoms with Gasteiger partial charge >= 0.3 is 0 Å². The molecule has 20 heavy (non-hydrogen) atoms. The topological polar surface area (TPSA) is 55.0 Å². The van der Waals surface area contributed by atoms with Crippen LogP contribution in [0.2, 0.25) is 0 Å². The molecule has 2 aliphatic carbocycles. The third-order valence-electron chi connectivity index (χ3n) is 4.27. The second-order valence-electron chi connectivity index (χ2n) is 6.71. The summed E-state index contributed by atoms with van der Waals surface area (Å²) in [6.45, 7) is 7.08. The lowest BCUT2D eigenvalue weighted by Crippen LogP contribution is -2.30. The van der Waals surface area contributed by atoms with E-state index < -0.39 is 0 Å². The maximum atomic E-state index is 5.93. The lowest BCUT2D eigenvalue weighted by atomic mass is 10.2. The molecular weight excluding hydrogens is 248 g/mol. The maximum Gasteiger partial charge on any atom is 0.131 e. The Labute approximate surface area is 121 Å². The van der Waals surface area contributed by atoms with Crippen molar-refractivity contribution in [2.75, 3.05) is 18.0 Å². The molecule has 0 amide bonds. The smallest absolute Gasteiger partial charge is 0.131 e. The van der Waals surface area contributed by atoms with Crippen LogP contribution in [-0.4, -0.2) is 23.1 Å². The highest BCUT2D eigenvalue weighted by Crippen LogP contribution is 2.36. The van der Waals surface area contributed by atoms with Crippen LogP contribution in [0.4, 0.5) is 5.69 Å². The Morgan fingerprint density at radius 1 is 1.20 bits per heavy atom. The number of hydrogen-bond acceptors (Lipinski definition) is 4. The second kappa shape index (κ2) is 5.68. The molecular formula is C16H26N4. The van der Waals surface area contributed by atoms with Gasteiger partial charge in [0.1, 0.15) is 5.82 Å². The van der Waals surface area contributed by atoms with E-state index in [0.29, 0.717) is 12.5 Å². The Bertz CT molecular complexity index is 450. The summed E-state index contributed by atoms with van der Waals surface area (Å²) in [5, 5.41) is 0. The third kappa shape index (κ3) is 3.29. The zero-order chi connectivity index (χ0) is 14.1. The molecule has 3 rings (SSSR count). The van der Waals surface area contributed by atoms with Gasteiger partial charge in [-0.15, -0.1) is 0 Å². The predicted molar refractivity (Wildman–Crippen MR) is 81.7 cm³/mol. The molecule has 1 aromatic heterocycles. The molecule has 0 aromatic carbocycles. The van der Waals surface area contributed by atoms with Crippen LogP contribution in [0.15, 0.2) is 6.20 Å². The lowest BCUT2D eigenvalue weighted by molar-refractivity contribution is 0.666. The van der Waals surface area contributed by atoms with Gasteiger partial charge in [-0.25, -0.2) is 9.97 Å². The van der Waals surface area contributed by atoms with Gasteiger partial charge in [-0.3, -0.25) is 0 Å². The highest BCUT2D eigenvalue weighted by atomic mass is 15.2. The molecule has 0 unspecified atom stereocenters. The predicted octanol–water partition coefficient (Wildman–Crippen LogP) is 2.69. The number of rotatable bonds is 7. The standard InChI is InChI=1S/C16H26N4/c1-11(2)16-18-8-15(14(7-17)19-16)20(9-12-3-4-12)10-13-5-6-13/h8,11-13H,3-7,9-10,17H2,1-2H3. The highest BCUT2D eigenvalue weighted by molar-refractivity contribution is 5.49. The van der Waals surface area contributed by atoms with E-state index in [9.17, 15) is 0 Å².